The smallest absolute Gasteiger partial charge is 0.164 e. The van der Waals surface area contributed by atoms with Crippen molar-refractivity contribution in [1.82, 2.24) is 15.0 Å². The lowest BCUT2D eigenvalue weighted by molar-refractivity contribution is 0.669. The Morgan fingerprint density at radius 1 is 0.302 bits per heavy atom. The lowest BCUT2D eigenvalue weighted by Crippen LogP contribution is -2.00. The van der Waals surface area contributed by atoms with Gasteiger partial charge in [0.25, 0.3) is 0 Å². The maximum absolute atomic E-state index is 6.48. The third-order valence-electron chi connectivity index (χ3n) is 9.97. The number of nitrogens with zero attached hydrogens (tertiary/aromatic N) is 3. The van der Waals surface area contributed by atoms with Crippen molar-refractivity contribution in [3.63, 3.8) is 0 Å². The van der Waals surface area contributed by atoms with Crippen molar-refractivity contribution >= 4 is 32.7 Å². The van der Waals surface area contributed by atoms with E-state index < -0.39 is 0 Å². The zero-order chi connectivity index (χ0) is 35.1. The summed E-state index contributed by atoms with van der Waals surface area (Å²) in [6, 6.07) is 65.2. The van der Waals surface area contributed by atoms with Gasteiger partial charge < -0.3 is 4.42 Å². The van der Waals surface area contributed by atoms with Gasteiger partial charge in [-0.2, -0.15) is 0 Å². The Kier molecular flexibility index (Phi) is 7.43. The largest absolute Gasteiger partial charge is 0.456 e. The van der Waals surface area contributed by atoms with E-state index in [1.807, 2.05) is 24.3 Å². The number of hydrogen-bond acceptors (Lipinski definition) is 4. The molecule has 2 heterocycles. The number of hydrogen-bond donors (Lipinski definition) is 0. The normalized spacial score (nSPS) is 11.4. The van der Waals surface area contributed by atoms with Crippen LogP contribution in [0.25, 0.3) is 100 Å². The van der Waals surface area contributed by atoms with E-state index in [0.29, 0.717) is 17.5 Å². The summed E-state index contributed by atoms with van der Waals surface area (Å²) in [5, 5.41) is 4.60. The molecule has 2 aromatic heterocycles. The van der Waals surface area contributed by atoms with Crippen LogP contribution >= 0.6 is 0 Å². The van der Waals surface area contributed by atoms with Crippen LogP contribution in [0.5, 0.6) is 0 Å². The number of fused-ring (bicyclic) bond motifs is 4. The molecule has 0 aliphatic rings. The minimum absolute atomic E-state index is 0.584. The van der Waals surface area contributed by atoms with Gasteiger partial charge in [-0.05, 0) is 62.4 Å². The molecule has 0 aliphatic heterocycles. The molecule has 0 atom stereocenters. The molecule has 0 saturated carbocycles. The first-order valence-electron chi connectivity index (χ1n) is 17.8. The predicted molar refractivity (Wildman–Crippen MR) is 217 cm³/mol. The van der Waals surface area contributed by atoms with Crippen LogP contribution in [0.3, 0.4) is 0 Å². The highest BCUT2D eigenvalue weighted by atomic mass is 16.3. The average Bonchev–Trinajstić information content (AvgIpc) is 3.62. The summed E-state index contributed by atoms with van der Waals surface area (Å²) in [4.78, 5) is 15.2. The van der Waals surface area contributed by atoms with E-state index in [4.69, 9.17) is 19.4 Å². The molecule has 4 nitrogen and oxygen atoms in total. The van der Waals surface area contributed by atoms with E-state index in [-0.39, 0.29) is 0 Å². The molecule has 0 fully saturated rings. The van der Waals surface area contributed by atoms with E-state index in [9.17, 15) is 0 Å². The van der Waals surface area contributed by atoms with Crippen molar-refractivity contribution in [2.75, 3.05) is 0 Å². The molecule has 53 heavy (non-hydrogen) atoms. The number of benzene rings is 8. The molecule has 0 unspecified atom stereocenters. The van der Waals surface area contributed by atoms with Gasteiger partial charge >= 0.3 is 0 Å². The SMILES string of the molecule is c1ccc(-c2ccc(-c3nc(-c4ccc(-c5cccc6ccccc56)cc4)nc(-c4ccc5c(c4)oc4cccc(-c6ccccc6)c45)n3)cc2)cc1. The maximum Gasteiger partial charge on any atom is 0.164 e. The quantitative estimate of drug-likeness (QED) is 0.176. The fourth-order valence-electron chi connectivity index (χ4n) is 7.30. The third-order valence-corrected chi connectivity index (χ3v) is 9.97. The topological polar surface area (TPSA) is 51.8 Å². The van der Waals surface area contributed by atoms with Gasteiger partial charge in [0, 0.05) is 27.5 Å². The van der Waals surface area contributed by atoms with Crippen LogP contribution in [0, 0.1) is 0 Å². The fourth-order valence-corrected chi connectivity index (χ4v) is 7.30. The van der Waals surface area contributed by atoms with Crippen molar-refractivity contribution in [1.29, 1.82) is 0 Å². The van der Waals surface area contributed by atoms with Gasteiger partial charge in [0.2, 0.25) is 0 Å². The standard InChI is InChI=1S/C49H31N3O/c1-3-11-32(12-4-1)33-21-25-37(26-22-33)47-50-48(38-27-23-36(24-28-38)41-18-9-16-34-15-7-8-17-40(34)41)52-49(51-47)39-29-30-43-45(31-39)53-44-20-10-19-42(46(43)44)35-13-5-2-6-14-35/h1-31H. The Morgan fingerprint density at radius 3 is 1.51 bits per heavy atom. The highest BCUT2D eigenvalue weighted by molar-refractivity contribution is 6.13. The zero-order valence-corrected chi connectivity index (χ0v) is 28.6. The third kappa shape index (κ3) is 5.63. The maximum atomic E-state index is 6.48. The van der Waals surface area contributed by atoms with Crippen molar-refractivity contribution in [3.05, 3.63) is 188 Å². The Labute approximate surface area is 306 Å². The molecular weight excluding hydrogens is 647 g/mol. The second-order valence-corrected chi connectivity index (χ2v) is 13.2. The summed E-state index contributed by atoms with van der Waals surface area (Å²) in [6.45, 7) is 0. The molecule has 0 N–H and O–H groups in total. The summed E-state index contributed by atoms with van der Waals surface area (Å²) in [5.74, 6) is 1.80. The molecule has 0 spiro atoms. The Balaban J connectivity index is 1.09. The first-order chi connectivity index (χ1) is 26.2. The van der Waals surface area contributed by atoms with Crippen LogP contribution in [-0.2, 0) is 0 Å². The van der Waals surface area contributed by atoms with Gasteiger partial charge in [-0.1, -0.05) is 170 Å². The first kappa shape index (κ1) is 30.6. The van der Waals surface area contributed by atoms with Gasteiger partial charge in [0.05, 0.1) is 0 Å². The van der Waals surface area contributed by atoms with Gasteiger partial charge in [-0.15, -0.1) is 0 Å². The van der Waals surface area contributed by atoms with E-state index >= 15 is 0 Å². The summed E-state index contributed by atoms with van der Waals surface area (Å²) >= 11 is 0. The van der Waals surface area contributed by atoms with Crippen LogP contribution < -0.4 is 0 Å². The Morgan fingerprint density at radius 2 is 0.792 bits per heavy atom. The molecule has 0 bridgehead atoms. The highest BCUT2D eigenvalue weighted by Crippen LogP contribution is 2.38. The summed E-state index contributed by atoms with van der Waals surface area (Å²) in [5.41, 5.74) is 11.3. The Bertz CT molecular complexity index is 2910. The lowest BCUT2D eigenvalue weighted by Gasteiger charge is -2.11. The summed E-state index contributed by atoms with van der Waals surface area (Å²) < 4.78 is 6.48. The minimum atomic E-state index is 0.584. The molecule has 0 radical (unpaired) electrons. The predicted octanol–water partition coefficient (Wildman–Crippen LogP) is 12.9. The molecule has 0 aliphatic carbocycles. The van der Waals surface area contributed by atoms with Gasteiger partial charge in [0.15, 0.2) is 17.5 Å². The van der Waals surface area contributed by atoms with E-state index in [1.54, 1.807) is 0 Å². The molecule has 248 valence electrons. The minimum Gasteiger partial charge on any atom is -0.456 e. The van der Waals surface area contributed by atoms with E-state index in [0.717, 1.165) is 66.4 Å². The van der Waals surface area contributed by atoms with Gasteiger partial charge in [0.1, 0.15) is 11.2 Å². The molecular formula is C49H31N3O. The molecule has 4 heteroatoms. The summed E-state index contributed by atoms with van der Waals surface area (Å²) in [6.07, 6.45) is 0. The van der Waals surface area contributed by atoms with Gasteiger partial charge in [-0.25, -0.2) is 15.0 Å². The van der Waals surface area contributed by atoms with Crippen LogP contribution in [0.4, 0.5) is 0 Å². The van der Waals surface area contributed by atoms with Crippen LogP contribution in [0.2, 0.25) is 0 Å². The van der Waals surface area contributed by atoms with Crippen molar-refractivity contribution in [3.8, 4) is 67.5 Å². The molecule has 10 rings (SSSR count). The van der Waals surface area contributed by atoms with Crippen LogP contribution in [0.1, 0.15) is 0 Å². The van der Waals surface area contributed by atoms with Crippen molar-refractivity contribution in [2.45, 2.75) is 0 Å². The number of aromatic nitrogens is 3. The van der Waals surface area contributed by atoms with Crippen LogP contribution in [0.15, 0.2) is 192 Å². The first-order valence-corrected chi connectivity index (χ1v) is 17.8. The van der Waals surface area contributed by atoms with E-state index in [1.165, 1.54) is 16.3 Å². The number of rotatable bonds is 6. The molecule has 8 aromatic carbocycles. The molecule has 0 amide bonds. The highest BCUT2D eigenvalue weighted by Gasteiger charge is 2.17. The second-order valence-electron chi connectivity index (χ2n) is 13.2. The Hall–Kier alpha value is -7.17. The van der Waals surface area contributed by atoms with E-state index in [2.05, 4.69) is 164 Å². The molecule has 0 saturated heterocycles. The van der Waals surface area contributed by atoms with Crippen molar-refractivity contribution in [2.24, 2.45) is 0 Å². The fraction of sp³-hybridized carbons (Fsp3) is 0. The van der Waals surface area contributed by atoms with Gasteiger partial charge in [-0.3, -0.25) is 0 Å². The average molecular weight is 678 g/mol. The second kappa shape index (κ2) is 12.9. The zero-order valence-electron chi connectivity index (χ0n) is 28.6. The van der Waals surface area contributed by atoms with Crippen LogP contribution in [-0.4, -0.2) is 15.0 Å². The number of furan rings is 1. The summed E-state index contributed by atoms with van der Waals surface area (Å²) in [7, 11) is 0. The monoisotopic (exact) mass is 677 g/mol. The molecule has 10 aromatic rings. The lowest BCUT2D eigenvalue weighted by atomic mass is 9.97. The van der Waals surface area contributed by atoms with Crippen molar-refractivity contribution < 1.29 is 4.42 Å².